The van der Waals surface area contributed by atoms with E-state index in [1.807, 2.05) is 31.2 Å². The maximum Gasteiger partial charge on any atom is 0.284 e. The van der Waals surface area contributed by atoms with Crippen LogP contribution in [0, 0.1) is 0 Å². The van der Waals surface area contributed by atoms with Crippen molar-refractivity contribution in [2.75, 3.05) is 20.3 Å². The normalized spacial score (nSPS) is 14.8. The van der Waals surface area contributed by atoms with Crippen molar-refractivity contribution in [3.05, 3.63) is 40.3 Å². The van der Waals surface area contributed by atoms with E-state index in [4.69, 9.17) is 14.5 Å². The lowest BCUT2D eigenvalue weighted by Gasteiger charge is -2.14. The molecule has 1 fully saturated rings. The number of hydrogen-bond acceptors (Lipinski definition) is 5. The van der Waals surface area contributed by atoms with Crippen LogP contribution in [0.5, 0.6) is 5.75 Å². The zero-order chi connectivity index (χ0) is 19.5. The van der Waals surface area contributed by atoms with Crippen LogP contribution in [0.1, 0.15) is 44.3 Å². The number of benzene rings is 1. The third-order valence-corrected chi connectivity index (χ3v) is 5.36. The summed E-state index contributed by atoms with van der Waals surface area (Å²) in [5.41, 5.74) is 1.99. The number of H-pyrrole nitrogens is 1. The maximum atomic E-state index is 12.9. The first kappa shape index (κ1) is 18.7. The number of fused-ring (bicyclic) bond motifs is 1. The summed E-state index contributed by atoms with van der Waals surface area (Å²) >= 11 is 0. The number of para-hydroxylation sites is 1. The second-order valence-electron chi connectivity index (χ2n) is 7.14. The number of methoxy groups -OCH3 is 1. The Balaban J connectivity index is 1.82. The molecule has 1 aromatic rings. The Morgan fingerprint density at radius 2 is 1.96 bits per heavy atom. The van der Waals surface area contributed by atoms with Gasteiger partial charge in [0.1, 0.15) is 17.9 Å². The number of nitrogens with one attached hydrogen (secondary N) is 1. The van der Waals surface area contributed by atoms with Crippen LogP contribution in [0.4, 0.5) is 0 Å². The van der Waals surface area contributed by atoms with E-state index >= 15 is 0 Å². The van der Waals surface area contributed by atoms with Gasteiger partial charge in [-0.05, 0) is 31.4 Å². The summed E-state index contributed by atoms with van der Waals surface area (Å²) in [7, 11) is 1.63. The second kappa shape index (κ2) is 8.14. The van der Waals surface area contributed by atoms with Crippen molar-refractivity contribution in [2.24, 2.45) is 0 Å². The molecule has 3 aliphatic rings. The molecular weight excluding hydrogens is 356 g/mol. The molecule has 0 amide bonds. The lowest BCUT2D eigenvalue weighted by Crippen LogP contribution is -2.17. The Hall–Kier alpha value is -2.67. The van der Waals surface area contributed by atoms with E-state index < -0.39 is 0 Å². The number of aryl methyl sites for hydroxylation is 1. The van der Waals surface area contributed by atoms with Gasteiger partial charge in [-0.25, -0.2) is 4.98 Å². The molecule has 0 atom stereocenters. The second-order valence-corrected chi connectivity index (χ2v) is 7.14. The average Bonchev–Trinajstić information content (AvgIpc) is 3.36. The molecule has 1 aromatic carbocycles. The molecule has 7 nitrogen and oxygen atoms in total. The summed E-state index contributed by atoms with van der Waals surface area (Å²) in [4.78, 5) is 22.0. The SMILES string of the molecule is CCc1[nH]n(C2CCCC2)c2nc(-c3ccccc3OCCOC)nc(=O)c1-2. The first-order chi connectivity index (χ1) is 13.7. The quantitative estimate of drug-likeness (QED) is 0.633. The van der Waals surface area contributed by atoms with Crippen molar-refractivity contribution < 1.29 is 9.47 Å². The fourth-order valence-electron chi connectivity index (χ4n) is 3.94. The maximum absolute atomic E-state index is 12.9. The Labute approximate surface area is 164 Å². The fraction of sp³-hybridized carbons (Fsp3) is 0.476. The summed E-state index contributed by atoms with van der Waals surface area (Å²) in [6, 6.07) is 7.90. The minimum atomic E-state index is -0.239. The summed E-state index contributed by atoms with van der Waals surface area (Å²) in [5.74, 6) is 1.75. The number of aromatic amines is 1. The predicted octanol–water partition coefficient (Wildman–Crippen LogP) is 3.44. The minimum Gasteiger partial charge on any atom is -0.490 e. The van der Waals surface area contributed by atoms with Crippen molar-refractivity contribution >= 4 is 0 Å². The lowest BCUT2D eigenvalue weighted by molar-refractivity contribution is 0.146. The van der Waals surface area contributed by atoms with Crippen molar-refractivity contribution in [3.63, 3.8) is 0 Å². The third kappa shape index (κ3) is 3.42. The highest BCUT2D eigenvalue weighted by Gasteiger charge is 2.28. The number of ether oxygens (including phenoxy) is 2. The monoisotopic (exact) mass is 382 g/mol. The number of hydrogen-bond donors (Lipinski definition) is 1. The molecule has 0 aromatic heterocycles. The highest BCUT2D eigenvalue weighted by Crippen LogP contribution is 2.35. The van der Waals surface area contributed by atoms with Gasteiger partial charge in [-0.15, -0.1) is 0 Å². The summed E-state index contributed by atoms with van der Waals surface area (Å²) in [6.45, 7) is 2.95. The van der Waals surface area contributed by atoms with Gasteiger partial charge in [0, 0.05) is 12.8 Å². The van der Waals surface area contributed by atoms with Crippen LogP contribution in [-0.4, -0.2) is 40.1 Å². The molecule has 1 saturated carbocycles. The molecule has 148 valence electrons. The first-order valence-electron chi connectivity index (χ1n) is 9.95. The van der Waals surface area contributed by atoms with Crippen LogP contribution in [-0.2, 0) is 11.2 Å². The van der Waals surface area contributed by atoms with E-state index in [0.29, 0.717) is 42.2 Å². The Morgan fingerprint density at radius 3 is 2.71 bits per heavy atom. The molecule has 28 heavy (non-hydrogen) atoms. The smallest absolute Gasteiger partial charge is 0.284 e. The van der Waals surface area contributed by atoms with Gasteiger partial charge in [-0.2, -0.15) is 4.98 Å². The van der Waals surface area contributed by atoms with Crippen LogP contribution in [0.15, 0.2) is 29.1 Å². The van der Waals surface area contributed by atoms with E-state index in [-0.39, 0.29) is 5.56 Å². The van der Waals surface area contributed by atoms with Crippen LogP contribution in [0.25, 0.3) is 22.8 Å². The fourth-order valence-corrected chi connectivity index (χ4v) is 3.94. The van der Waals surface area contributed by atoms with Crippen LogP contribution >= 0.6 is 0 Å². The standard InChI is InChI=1S/C21H26N4O3/c1-3-16-18-20(25(24-16)14-8-4-5-9-14)22-19(23-21(18)26)15-10-6-7-11-17(15)28-13-12-27-2/h6-7,10-11,14,24H,3-5,8-9,12-13H2,1-2H3. The zero-order valence-corrected chi connectivity index (χ0v) is 16.4. The molecule has 7 heteroatoms. The molecule has 4 rings (SSSR count). The summed E-state index contributed by atoms with van der Waals surface area (Å²) in [5, 5.41) is 3.42. The van der Waals surface area contributed by atoms with Gasteiger partial charge in [0.2, 0.25) is 0 Å². The molecule has 0 saturated heterocycles. The summed E-state index contributed by atoms with van der Waals surface area (Å²) < 4.78 is 13.0. The molecule has 2 aliphatic heterocycles. The molecule has 2 heterocycles. The number of rotatable bonds is 7. The van der Waals surface area contributed by atoms with Crippen molar-refractivity contribution in [2.45, 2.75) is 45.1 Å². The highest BCUT2D eigenvalue weighted by atomic mass is 16.5. The molecule has 0 spiro atoms. The average molecular weight is 382 g/mol. The lowest BCUT2D eigenvalue weighted by atomic mass is 10.1. The molecule has 1 aliphatic carbocycles. The predicted molar refractivity (Wildman–Crippen MR) is 107 cm³/mol. The zero-order valence-electron chi connectivity index (χ0n) is 16.4. The van der Waals surface area contributed by atoms with Gasteiger partial charge < -0.3 is 9.47 Å². The Morgan fingerprint density at radius 1 is 1.18 bits per heavy atom. The van der Waals surface area contributed by atoms with E-state index in [9.17, 15) is 4.79 Å². The first-order valence-corrected chi connectivity index (χ1v) is 9.95. The van der Waals surface area contributed by atoms with Crippen LogP contribution in [0.3, 0.4) is 0 Å². The van der Waals surface area contributed by atoms with Gasteiger partial charge in [-0.3, -0.25) is 14.6 Å². The minimum absolute atomic E-state index is 0.239. The van der Waals surface area contributed by atoms with Gasteiger partial charge in [0.25, 0.3) is 5.56 Å². The van der Waals surface area contributed by atoms with Gasteiger partial charge in [-0.1, -0.05) is 31.9 Å². The summed E-state index contributed by atoms with van der Waals surface area (Å²) in [6.07, 6.45) is 5.36. The molecular formula is C21H26N4O3. The van der Waals surface area contributed by atoms with Gasteiger partial charge in [0.05, 0.1) is 18.2 Å². The van der Waals surface area contributed by atoms with E-state index in [1.54, 1.807) is 7.11 Å². The van der Waals surface area contributed by atoms with Crippen LogP contribution in [0.2, 0.25) is 0 Å². The highest BCUT2D eigenvalue weighted by molar-refractivity contribution is 5.68. The van der Waals surface area contributed by atoms with Crippen molar-refractivity contribution in [1.29, 1.82) is 0 Å². The Bertz CT molecular complexity index is 972. The topological polar surface area (TPSA) is 82.0 Å². The van der Waals surface area contributed by atoms with Gasteiger partial charge >= 0.3 is 0 Å². The molecule has 0 radical (unpaired) electrons. The van der Waals surface area contributed by atoms with E-state index in [1.165, 1.54) is 12.8 Å². The largest absolute Gasteiger partial charge is 0.490 e. The Kier molecular flexibility index (Phi) is 5.43. The van der Waals surface area contributed by atoms with E-state index in [0.717, 1.165) is 30.5 Å². The molecule has 0 bridgehead atoms. The van der Waals surface area contributed by atoms with Gasteiger partial charge in [0.15, 0.2) is 11.6 Å². The van der Waals surface area contributed by atoms with Crippen LogP contribution < -0.4 is 10.3 Å². The number of nitrogens with zero attached hydrogens (tertiary/aromatic N) is 3. The third-order valence-electron chi connectivity index (χ3n) is 5.36. The van der Waals surface area contributed by atoms with Crippen molar-refractivity contribution in [1.82, 2.24) is 19.7 Å². The molecule has 0 unspecified atom stereocenters. The molecule has 1 N–H and O–H groups in total. The number of aromatic nitrogens is 4. The van der Waals surface area contributed by atoms with Crippen molar-refractivity contribution in [3.8, 4) is 28.5 Å². The van der Waals surface area contributed by atoms with E-state index in [2.05, 4.69) is 14.8 Å².